The molecular weight excluding hydrogens is 384 g/mol. The van der Waals surface area contributed by atoms with Gasteiger partial charge in [0.25, 0.3) is 0 Å². The van der Waals surface area contributed by atoms with E-state index in [4.69, 9.17) is 16.3 Å². The Balaban J connectivity index is 1.63. The van der Waals surface area contributed by atoms with Crippen molar-refractivity contribution >= 4 is 27.4 Å². The molecule has 0 N–H and O–H groups in total. The smallest absolute Gasteiger partial charge is 0.338 e. The third-order valence-corrected chi connectivity index (χ3v) is 5.89. The Morgan fingerprint density at radius 2 is 1.44 bits per heavy atom. The summed E-state index contributed by atoms with van der Waals surface area (Å²) in [5.74, 6) is -0.522. The lowest BCUT2D eigenvalue weighted by molar-refractivity contribution is 0.0472. The van der Waals surface area contributed by atoms with Gasteiger partial charge in [0.05, 0.1) is 16.2 Å². The van der Waals surface area contributed by atoms with Crippen LogP contribution in [0, 0.1) is 0 Å². The molecule has 0 aromatic heterocycles. The molecule has 0 fully saturated rings. The number of benzene rings is 3. The molecule has 0 aliphatic rings. The van der Waals surface area contributed by atoms with Crippen LogP contribution in [-0.2, 0) is 26.9 Å². The number of hydrogen-bond acceptors (Lipinski definition) is 4. The van der Waals surface area contributed by atoms with Crippen LogP contribution >= 0.6 is 11.6 Å². The van der Waals surface area contributed by atoms with E-state index in [0.29, 0.717) is 16.1 Å². The van der Waals surface area contributed by atoms with Crippen molar-refractivity contribution in [3.05, 3.63) is 101 Å². The average molecular weight is 401 g/mol. The summed E-state index contributed by atoms with van der Waals surface area (Å²) in [5.41, 5.74) is 1.84. The second-order valence-electron chi connectivity index (χ2n) is 5.97. The van der Waals surface area contributed by atoms with Crippen molar-refractivity contribution in [1.82, 2.24) is 0 Å². The first-order valence-corrected chi connectivity index (χ1v) is 10.3. The number of carbonyl (C=O) groups is 1. The first kappa shape index (κ1) is 19.1. The van der Waals surface area contributed by atoms with Crippen LogP contribution in [0.15, 0.2) is 83.8 Å². The molecule has 0 bridgehead atoms. The lowest BCUT2D eigenvalue weighted by Gasteiger charge is -2.08. The molecule has 0 atom stereocenters. The fraction of sp³-hybridized carbons (Fsp3) is 0.0952. The van der Waals surface area contributed by atoms with E-state index >= 15 is 0 Å². The summed E-state index contributed by atoms with van der Waals surface area (Å²) in [5, 5.41) is 0.541. The van der Waals surface area contributed by atoms with Gasteiger partial charge in [-0.3, -0.25) is 0 Å². The Hall–Kier alpha value is -2.63. The predicted molar refractivity (Wildman–Crippen MR) is 104 cm³/mol. The predicted octanol–water partition coefficient (Wildman–Crippen LogP) is 4.67. The van der Waals surface area contributed by atoms with Crippen molar-refractivity contribution in [2.24, 2.45) is 0 Å². The maximum atomic E-state index is 12.5. The van der Waals surface area contributed by atoms with Crippen LogP contribution in [-0.4, -0.2) is 14.4 Å². The van der Waals surface area contributed by atoms with Crippen molar-refractivity contribution in [3.8, 4) is 0 Å². The summed E-state index contributed by atoms with van der Waals surface area (Å²) in [6.07, 6.45) is 0. The van der Waals surface area contributed by atoms with E-state index in [1.807, 2.05) is 18.2 Å². The van der Waals surface area contributed by atoms with Crippen LogP contribution in [0.2, 0.25) is 5.02 Å². The summed E-state index contributed by atoms with van der Waals surface area (Å²) >= 11 is 5.79. The van der Waals surface area contributed by atoms with Gasteiger partial charge in [0.1, 0.15) is 6.61 Å². The Bertz CT molecular complexity index is 1010. The Kier molecular flexibility index (Phi) is 5.94. The topological polar surface area (TPSA) is 60.4 Å². The van der Waals surface area contributed by atoms with Gasteiger partial charge in [0.2, 0.25) is 0 Å². The van der Waals surface area contributed by atoms with E-state index in [9.17, 15) is 13.2 Å². The van der Waals surface area contributed by atoms with E-state index in [0.717, 1.165) is 5.56 Å². The van der Waals surface area contributed by atoms with Gasteiger partial charge in [-0.25, -0.2) is 13.2 Å². The van der Waals surface area contributed by atoms with E-state index in [1.165, 1.54) is 12.1 Å². The van der Waals surface area contributed by atoms with Crippen LogP contribution in [0.3, 0.4) is 0 Å². The molecule has 6 heteroatoms. The normalized spacial score (nSPS) is 11.1. The third-order valence-electron chi connectivity index (χ3n) is 3.93. The molecule has 0 heterocycles. The molecule has 3 rings (SSSR count). The van der Waals surface area contributed by atoms with Crippen molar-refractivity contribution in [2.45, 2.75) is 17.3 Å². The highest BCUT2D eigenvalue weighted by Gasteiger charge is 2.15. The fourth-order valence-electron chi connectivity index (χ4n) is 2.49. The molecule has 0 spiro atoms. The second kappa shape index (κ2) is 8.37. The van der Waals surface area contributed by atoms with E-state index in [-0.39, 0.29) is 17.3 Å². The van der Waals surface area contributed by atoms with Crippen LogP contribution < -0.4 is 0 Å². The maximum absolute atomic E-state index is 12.5. The Labute approximate surface area is 163 Å². The first-order valence-electron chi connectivity index (χ1n) is 8.22. The van der Waals surface area contributed by atoms with Gasteiger partial charge in [0, 0.05) is 5.02 Å². The minimum absolute atomic E-state index is 0.0560. The molecule has 0 aliphatic carbocycles. The summed E-state index contributed by atoms with van der Waals surface area (Å²) in [7, 11) is -3.43. The van der Waals surface area contributed by atoms with Crippen molar-refractivity contribution in [1.29, 1.82) is 0 Å². The molecule has 27 heavy (non-hydrogen) atoms. The molecule has 0 saturated heterocycles. The standard InChI is InChI=1S/C21H17ClO4S/c22-19-10-8-18(9-11-19)21(23)26-14-16-6-12-20(13-7-16)27(24,25)15-17-4-2-1-3-5-17/h1-13H,14-15H2. The molecular formula is C21H17ClO4S. The summed E-state index contributed by atoms with van der Waals surface area (Å²) in [6, 6.07) is 21.8. The molecule has 4 nitrogen and oxygen atoms in total. The Morgan fingerprint density at radius 1 is 0.815 bits per heavy atom. The van der Waals surface area contributed by atoms with E-state index in [1.54, 1.807) is 48.5 Å². The SMILES string of the molecule is O=C(OCc1ccc(S(=O)(=O)Cc2ccccc2)cc1)c1ccc(Cl)cc1. The minimum atomic E-state index is -3.43. The van der Waals surface area contributed by atoms with Gasteiger partial charge in [-0.1, -0.05) is 54.1 Å². The van der Waals surface area contributed by atoms with Crippen molar-refractivity contribution < 1.29 is 17.9 Å². The zero-order valence-electron chi connectivity index (χ0n) is 14.3. The highest BCUT2D eigenvalue weighted by molar-refractivity contribution is 7.90. The van der Waals surface area contributed by atoms with Crippen molar-refractivity contribution in [3.63, 3.8) is 0 Å². The monoisotopic (exact) mass is 400 g/mol. The highest BCUT2D eigenvalue weighted by Crippen LogP contribution is 2.18. The number of ether oxygens (including phenoxy) is 1. The number of carbonyl (C=O) groups excluding carboxylic acids is 1. The summed E-state index contributed by atoms with van der Waals surface area (Å²) < 4.78 is 30.2. The van der Waals surface area contributed by atoms with E-state index in [2.05, 4.69) is 0 Å². The summed E-state index contributed by atoms with van der Waals surface area (Å²) in [4.78, 5) is 12.2. The molecule has 3 aromatic carbocycles. The average Bonchev–Trinajstić information content (AvgIpc) is 2.67. The van der Waals surface area contributed by atoms with Crippen molar-refractivity contribution in [2.75, 3.05) is 0 Å². The lowest BCUT2D eigenvalue weighted by Crippen LogP contribution is -2.06. The van der Waals surface area contributed by atoms with Gasteiger partial charge in [-0.15, -0.1) is 0 Å². The second-order valence-corrected chi connectivity index (χ2v) is 8.40. The Morgan fingerprint density at radius 3 is 2.07 bits per heavy atom. The third kappa shape index (κ3) is 5.18. The molecule has 0 radical (unpaired) electrons. The molecule has 3 aromatic rings. The van der Waals surface area contributed by atoms with Crippen LogP contribution in [0.1, 0.15) is 21.5 Å². The number of sulfone groups is 1. The number of esters is 1. The largest absolute Gasteiger partial charge is 0.457 e. The fourth-order valence-corrected chi connectivity index (χ4v) is 3.96. The minimum Gasteiger partial charge on any atom is -0.457 e. The number of hydrogen-bond donors (Lipinski definition) is 0. The summed E-state index contributed by atoms with van der Waals surface area (Å²) in [6.45, 7) is 0.0560. The first-order chi connectivity index (χ1) is 12.9. The van der Waals surface area contributed by atoms with Gasteiger partial charge in [-0.2, -0.15) is 0 Å². The van der Waals surface area contributed by atoms with Crippen LogP contribution in [0.4, 0.5) is 0 Å². The van der Waals surface area contributed by atoms with Gasteiger partial charge in [0.15, 0.2) is 9.84 Å². The quantitative estimate of drug-likeness (QED) is 0.564. The van der Waals surface area contributed by atoms with E-state index < -0.39 is 15.8 Å². The molecule has 0 unspecified atom stereocenters. The molecule has 0 aliphatic heterocycles. The van der Waals surface area contributed by atoms with Crippen LogP contribution in [0.25, 0.3) is 0 Å². The molecule has 0 amide bonds. The number of halogens is 1. The molecule has 0 saturated carbocycles. The maximum Gasteiger partial charge on any atom is 0.338 e. The zero-order chi connectivity index (χ0) is 19.3. The van der Waals surface area contributed by atoms with Gasteiger partial charge >= 0.3 is 5.97 Å². The lowest BCUT2D eigenvalue weighted by atomic mass is 10.2. The highest BCUT2D eigenvalue weighted by atomic mass is 35.5. The molecule has 138 valence electrons. The number of rotatable bonds is 6. The van der Waals surface area contributed by atoms with Gasteiger partial charge < -0.3 is 4.74 Å². The zero-order valence-corrected chi connectivity index (χ0v) is 15.9. The van der Waals surface area contributed by atoms with Crippen LogP contribution in [0.5, 0.6) is 0 Å². The van der Waals surface area contributed by atoms with Gasteiger partial charge in [-0.05, 0) is 47.5 Å².